The molecule has 1 aromatic rings. The van der Waals surface area contributed by atoms with E-state index in [1.165, 1.54) is 0 Å². The van der Waals surface area contributed by atoms with Gasteiger partial charge in [0.15, 0.2) is 0 Å². The van der Waals surface area contributed by atoms with Crippen LogP contribution in [-0.2, 0) is 6.54 Å². The van der Waals surface area contributed by atoms with Gasteiger partial charge in [-0.2, -0.15) is 0 Å². The van der Waals surface area contributed by atoms with Crippen molar-refractivity contribution in [3.05, 3.63) is 30.1 Å². The Bertz CT molecular complexity index is 289. The highest BCUT2D eigenvalue weighted by molar-refractivity contribution is 5.03. The van der Waals surface area contributed by atoms with Crippen molar-refractivity contribution in [1.29, 1.82) is 0 Å². The van der Waals surface area contributed by atoms with Crippen LogP contribution in [0.5, 0.6) is 0 Å². The van der Waals surface area contributed by atoms with E-state index in [2.05, 4.69) is 23.7 Å². The highest BCUT2D eigenvalue weighted by Gasteiger charge is 2.14. The summed E-state index contributed by atoms with van der Waals surface area (Å²) in [7, 11) is 2.01. The van der Waals surface area contributed by atoms with Crippen LogP contribution >= 0.6 is 0 Å². The van der Waals surface area contributed by atoms with E-state index in [-0.39, 0.29) is 6.10 Å². The summed E-state index contributed by atoms with van der Waals surface area (Å²) in [6.07, 6.45) is 2.56. The van der Waals surface area contributed by atoms with Crippen molar-refractivity contribution in [2.75, 3.05) is 13.6 Å². The number of likely N-dealkylation sites (N-methyl/N-ethyl adjacent to an activating group) is 1. The maximum absolute atomic E-state index is 9.90. The molecule has 2 unspecified atom stereocenters. The Morgan fingerprint density at radius 3 is 2.75 bits per heavy atom. The number of nitrogens with zero attached hydrogens (tertiary/aromatic N) is 2. The van der Waals surface area contributed by atoms with Crippen LogP contribution in [0.2, 0.25) is 0 Å². The van der Waals surface area contributed by atoms with Crippen molar-refractivity contribution >= 4 is 0 Å². The molecule has 0 saturated heterocycles. The molecule has 1 aromatic heterocycles. The van der Waals surface area contributed by atoms with Crippen LogP contribution < -0.4 is 0 Å². The largest absolute Gasteiger partial charge is 0.392 e. The Kier molecular flexibility index (Phi) is 5.43. The van der Waals surface area contributed by atoms with E-state index in [0.717, 1.165) is 18.7 Å². The fraction of sp³-hybridized carbons (Fsp3) is 0.615. The van der Waals surface area contributed by atoms with Crippen LogP contribution in [-0.4, -0.2) is 34.7 Å². The summed E-state index contributed by atoms with van der Waals surface area (Å²) >= 11 is 0. The van der Waals surface area contributed by atoms with Crippen LogP contribution in [0.25, 0.3) is 0 Å². The van der Waals surface area contributed by atoms with Crippen molar-refractivity contribution < 1.29 is 5.11 Å². The summed E-state index contributed by atoms with van der Waals surface area (Å²) in [5.74, 6) is 0.353. The summed E-state index contributed by atoms with van der Waals surface area (Å²) in [5.41, 5.74) is 1.04. The molecule has 1 N–H and O–H groups in total. The third kappa shape index (κ3) is 4.29. The van der Waals surface area contributed by atoms with Crippen LogP contribution in [0.3, 0.4) is 0 Å². The lowest BCUT2D eigenvalue weighted by atomic mass is 10.0. The van der Waals surface area contributed by atoms with Gasteiger partial charge < -0.3 is 5.11 Å². The van der Waals surface area contributed by atoms with Crippen molar-refractivity contribution in [1.82, 2.24) is 9.88 Å². The number of rotatable bonds is 6. The van der Waals surface area contributed by atoms with Gasteiger partial charge in [0.25, 0.3) is 0 Å². The molecule has 1 heterocycles. The van der Waals surface area contributed by atoms with Crippen molar-refractivity contribution in [2.45, 2.75) is 32.9 Å². The van der Waals surface area contributed by atoms with Gasteiger partial charge in [-0.1, -0.05) is 26.3 Å². The van der Waals surface area contributed by atoms with Gasteiger partial charge in [0.05, 0.1) is 11.8 Å². The highest BCUT2D eigenvalue weighted by Crippen LogP contribution is 2.09. The molecule has 0 bridgehead atoms. The summed E-state index contributed by atoms with van der Waals surface area (Å²) in [4.78, 5) is 6.38. The zero-order valence-corrected chi connectivity index (χ0v) is 10.4. The molecule has 90 valence electrons. The molecule has 0 aliphatic rings. The summed E-state index contributed by atoms with van der Waals surface area (Å²) < 4.78 is 0. The van der Waals surface area contributed by atoms with Gasteiger partial charge in [0, 0.05) is 19.3 Å². The molecular formula is C13H22N2O. The third-order valence-electron chi connectivity index (χ3n) is 2.96. The molecule has 3 nitrogen and oxygen atoms in total. The van der Waals surface area contributed by atoms with E-state index in [1.807, 2.05) is 25.2 Å². The van der Waals surface area contributed by atoms with Crippen molar-refractivity contribution in [2.24, 2.45) is 5.92 Å². The molecule has 0 fully saturated rings. The highest BCUT2D eigenvalue weighted by atomic mass is 16.3. The van der Waals surface area contributed by atoms with E-state index < -0.39 is 0 Å². The lowest BCUT2D eigenvalue weighted by Gasteiger charge is -2.23. The van der Waals surface area contributed by atoms with Crippen molar-refractivity contribution in [3.8, 4) is 0 Å². The molecule has 0 saturated carbocycles. The fourth-order valence-corrected chi connectivity index (χ4v) is 1.60. The number of aliphatic hydroxyl groups is 1. The summed E-state index contributed by atoms with van der Waals surface area (Å²) in [5, 5.41) is 9.90. The number of hydrogen-bond donors (Lipinski definition) is 1. The van der Waals surface area contributed by atoms with Gasteiger partial charge in [0.1, 0.15) is 0 Å². The molecule has 0 spiro atoms. The van der Waals surface area contributed by atoms with Crippen LogP contribution in [0, 0.1) is 5.92 Å². The zero-order valence-electron chi connectivity index (χ0n) is 10.4. The first kappa shape index (κ1) is 13.1. The van der Waals surface area contributed by atoms with Gasteiger partial charge in [-0.25, -0.2) is 0 Å². The monoisotopic (exact) mass is 222 g/mol. The normalized spacial score (nSPS) is 15.1. The first-order valence-corrected chi connectivity index (χ1v) is 5.90. The number of aromatic nitrogens is 1. The Hall–Kier alpha value is -0.930. The Morgan fingerprint density at radius 1 is 1.44 bits per heavy atom. The van der Waals surface area contributed by atoms with Crippen LogP contribution in [0.1, 0.15) is 26.0 Å². The molecule has 1 rings (SSSR count). The predicted molar refractivity (Wildman–Crippen MR) is 66.0 cm³/mol. The van der Waals surface area contributed by atoms with E-state index >= 15 is 0 Å². The minimum absolute atomic E-state index is 0.251. The first-order valence-electron chi connectivity index (χ1n) is 5.90. The average molecular weight is 222 g/mol. The summed E-state index contributed by atoms with van der Waals surface area (Å²) in [6.45, 7) is 5.67. The molecule has 0 aliphatic carbocycles. The maximum Gasteiger partial charge on any atom is 0.0692 e. The van der Waals surface area contributed by atoms with Gasteiger partial charge in [-0.05, 0) is 25.1 Å². The number of hydrogen-bond acceptors (Lipinski definition) is 3. The minimum Gasteiger partial charge on any atom is -0.392 e. The smallest absolute Gasteiger partial charge is 0.0692 e. The molecule has 0 amide bonds. The quantitative estimate of drug-likeness (QED) is 0.799. The number of aliphatic hydroxyl groups excluding tert-OH is 1. The lowest BCUT2D eigenvalue weighted by Crippen LogP contribution is -2.33. The van der Waals surface area contributed by atoms with Crippen molar-refractivity contribution in [3.63, 3.8) is 0 Å². The third-order valence-corrected chi connectivity index (χ3v) is 2.96. The standard InChI is InChI=1S/C13H22N2O/c1-4-11(2)13(16)10-15(3)9-12-7-5-6-8-14-12/h5-8,11,13,16H,4,9-10H2,1-3H3. The molecule has 0 aromatic carbocycles. The maximum atomic E-state index is 9.90. The molecule has 16 heavy (non-hydrogen) atoms. The van der Waals surface area contributed by atoms with Gasteiger partial charge >= 0.3 is 0 Å². The zero-order chi connectivity index (χ0) is 12.0. The second kappa shape index (κ2) is 6.61. The first-order chi connectivity index (χ1) is 7.63. The lowest BCUT2D eigenvalue weighted by molar-refractivity contribution is 0.0751. The molecule has 2 atom stereocenters. The average Bonchev–Trinajstić information content (AvgIpc) is 2.29. The topological polar surface area (TPSA) is 36.4 Å². The minimum atomic E-state index is -0.251. The van der Waals surface area contributed by atoms with E-state index in [4.69, 9.17) is 0 Å². The van der Waals surface area contributed by atoms with Crippen LogP contribution in [0.4, 0.5) is 0 Å². The van der Waals surface area contributed by atoms with Gasteiger partial charge in [-0.15, -0.1) is 0 Å². The van der Waals surface area contributed by atoms with E-state index in [0.29, 0.717) is 12.5 Å². The predicted octanol–water partition coefficient (Wildman–Crippen LogP) is 1.92. The Labute approximate surface area is 98.1 Å². The van der Waals surface area contributed by atoms with E-state index in [1.54, 1.807) is 6.20 Å². The molecule has 0 radical (unpaired) electrons. The SMILES string of the molecule is CCC(C)C(O)CN(C)Cc1ccccn1. The second-order valence-electron chi connectivity index (χ2n) is 4.47. The number of pyridine rings is 1. The Balaban J connectivity index is 2.39. The van der Waals surface area contributed by atoms with Gasteiger partial charge in [-0.3, -0.25) is 9.88 Å². The Morgan fingerprint density at radius 2 is 2.19 bits per heavy atom. The molecule has 3 heteroatoms. The molecule has 0 aliphatic heterocycles. The molecular weight excluding hydrogens is 200 g/mol. The fourth-order valence-electron chi connectivity index (χ4n) is 1.60. The van der Waals surface area contributed by atoms with Crippen LogP contribution in [0.15, 0.2) is 24.4 Å². The van der Waals surface area contributed by atoms with E-state index in [9.17, 15) is 5.11 Å². The second-order valence-corrected chi connectivity index (χ2v) is 4.47. The summed E-state index contributed by atoms with van der Waals surface area (Å²) in [6, 6.07) is 5.91. The van der Waals surface area contributed by atoms with Gasteiger partial charge in [0.2, 0.25) is 0 Å².